The fraction of sp³-hybridized carbons (Fsp3) is 0.467. The van der Waals surface area contributed by atoms with Gasteiger partial charge in [-0.3, -0.25) is 9.59 Å². The van der Waals surface area contributed by atoms with Crippen molar-refractivity contribution in [1.29, 1.82) is 0 Å². The monoisotopic (exact) mass is 406 g/mol. The molecule has 1 N–H and O–H groups in total. The van der Waals surface area contributed by atoms with Crippen LogP contribution in [0.5, 0.6) is 0 Å². The number of hydrogen-bond acceptors (Lipinski definition) is 6. The normalized spacial score (nSPS) is 18.0. The van der Waals surface area contributed by atoms with Gasteiger partial charge in [-0.15, -0.1) is 11.8 Å². The van der Waals surface area contributed by atoms with Gasteiger partial charge in [-0.05, 0) is 24.3 Å². The predicted octanol–water partition coefficient (Wildman–Crippen LogP) is 1.13. The molecule has 10 heteroatoms. The van der Waals surface area contributed by atoms with Crippen molar-refractivity contribution in [1.82, 2.24) is 9.62 Å². The van der Waals surface area contributed by atoms with Crippen molar-refractivity contribution in [2.45, 2.75) is 16.6 Å². The van der Waals surface area contributed by atoms with Gasteiger partial charge in [-0.2, -0.15) is 0 Å². The molecule has 0 spiro atoms. The van der Waals surface area contributed by atoms with E-state index in [4.69, 9.17) is 16.3 Å². The van der Waals surface area contributed by atoms with E-state index in [9.17, 15) is 18.0 Å². The molecule has 7 nitrogen and oxygen atoms in total. The Hall–Kier alpha value is -1.29. The maximum Gasteiger partial charge on any atom is 0.320 e. The minimum atomic E-state index is -3.69. The first-order valence-electron chi connectivity index (χ1n) is 7.56. The van der Waals surface area contributed by atoms with E-state index in [1.54, 1.807) is 4.90 Å². The number of hydrogen-bond donors (Lipinski definition) is 1. The van der Waals surface area contributed by atoms with Gasteiger partial charge in [0.1, 0.15) is 5.25 Å². The smallest absolute Gasteiger partial charge is 0.320 e. The number of ether oxygens (including phenoxy) is 1. The molecule has 0 radical (unpaired) electrons. The van der Waals surface area contributed by atoms with E-state index in [1.807, 2.05) is 0 Å². The van der Waals surface area contributed by atoms with Crippen LogP contribution in [-0.2, 0) is 24.3 Å². The SMILES string of the molecule is COC(=O)[C@H]1CN(C(=O)CCNS(=O)(=O)c2ccc(Cl)cc2)CCS1. The Morgan fingerprint density at radius 2 is 2.04 bits per heavy atom. The number of nitrogens with one attached hydrogen (secondary N) is 1. The van der Waals surface area contributed by atoms with Crippen LogP contribution < -0.4 is 4.72 Å². The number of amides is 1. The molecule has 0 unspecified atom stereocenters. The van der Waals surface area contributed by atoms with Crippen molar-refractivity contribution in [3.63, 3.8) is 0 Å². The lowest BCUT2D eigenvalue weighted by Crippen LogP contribution is -2.45. The Labute approximate surface area is 156 Å². The van der Waals surface area contributed by atoms with Crippen molar-refractivity contribution >= 4 is 45.3 Å². The quantitative estimate of drug-likeness (QED) is 0.712. The first-order chi connectivity index (χ1) is 11.8. The number of carbonyl (C=O) groups excluding carboxylic acids is 2. The molecule has 0 saturated carbocycles. The predicted molar refractivity (Wildman–Crippen MR) is 96.1 cm³/mol. The lowest BCUT2D eigenvalue weighted by molar-refractivity contribution is -0.141. The van der Waals surface area contributed by atoms with E-state index >= 15 is 0 Å². The molecule has 138 valence electrons. The van der Waals surface area contributed by atoms with Crippen LogP contribution >= 0.6 is 23.4 Å². The summed E-state index contributed by atoms with van der Waals surface area (Å²) in [5.74, 6) is 0.0844. The van der Waals surface area contributed by atoms with Crippen molar-refractivity contribution in [3.05, 3.63) is 29.3 Å². The summed E-state index contributed by atoms with van der Waals surface area (Å²) < 4.78 is 31.4. The second-order valence-electron chi connectivity index (χ2n) is 5.32. The number of nitrogens with zero attached hydrogens (tertiary/aromatic N) is 1. The maximum absolute atomic E-state index is 12.2. The molecule has 1 aliphatic heterocycles. The Kier molecular flexibility index (Phi) is 7.12. The molecule has 0 aliphatic carbocycles. The average molecular weight is 407 g/mol. The maximum atomic E-state index is 12.2. The van der Waals surface area contributed by atoms with E-state index in [-0.39, 0.29) is 36.3 Å². The lowest BCUT2D eigenvalue weighted by Gasteiger charge is -2.31. The van der Waals surface area contributed by atoms with E-state index in [2.05, 4.69) is 4.72 Å². The lowest BCUT2D eigenvalue weighted by atomic mass is 10.3. The molecule has 1 aliphatic rings. The van der Waals surface area contributed by atoms with Crippen LogP contribution in [0.15, 0.2) is 29.2 Å². The Bertz CT molecular complexity index is 724. The third-order valence-corrected chi connectivity index (χ3v) is 6.53. The molecule has 1 saturated heterocycles. The van der Waals surface area contributed by atoms with E-state index < -0.39 is 15.3 Å². The number of sulfonamides is 1. The zero-order valence-electron chi connectivity index (χ0n) is 13.6. The van der Waals surface area contributed by atoms with Gasteiger partial charge in [0.25, 0.3) is 0 Å². The molecule has 1 amide bonds. The van der Waals surface area contributed by atoms with Crippen LogP contribution in [0.3, 0.4) is 0 Å². The van der Waals surface area contributed by atoms with Crippen LogP contribution in [0.4, 0.5) is 0 Å². The van der Waals surface area contributed by atoms with Crippen LogP contribution in [0.1, 0.15) is 6.42 Å². The van der Waals surface area contributed by atoms with Gasteiger partial charge in [0.15, 0.2) is 0 Å². The second kappa shape index (κ2) is 8.88. The minimum Gasteiger partial charge on any atom is -0.468 e. The van der Waals surface area contributed by atoms with Gasteiger partial charge in [0.2, 0.25) is 15.9 Å². The van der Waals surface area contributed by atoms with Crippen LogP contribution in [-0.4, -0.2) is 62.9 Å². The summed E-state index contributed by atoms with van der Waals surface area (Å²) >= 11 is 7.19. The molecule has 2 rings (SSSR count). The molecule has 0 bridgehead atoms. The number of carbonyl (C=O) groups is 2. The molecule has 1 aromatic rings. The Morgan fingerprint density at radius 1 is 1.36 bits per heavy atom. The van der Waals surface area contributed by atoms with Crippen LogP contribution in [0, 0.1) is 0 Å². The van der Waals surface area contributed by atoms with Gasteiger partial charge in [-0.25, -0.2) is 13.1 Å². The fourth-order valence-corrected chi connectivity index (χ4v) is 4.58. The Morgan fingerprint density at radius 3 is 2.68 bits per heavy atom. The van der Waals surface area contributed by atoms with Crippen molar-refractivity contribution in [2.24, 2.45) is 0 Å². The highest BCUT2D eigenvalue weighted by atomic mass is 35.5. The highest BCUT2D eigenvalue weighted by Crippen LogP contribution is 2.20. The van der Waals surface area contributed by atoms with E-state index in [0.717, 1.165) is 0 Å². The topological polar surface area (TPSA) is 92.8 Å². The number of esters is 1. The van der Waals surface area contributed by atoms with Crippen molar-refractivity contribution < 1.29 is 22.7 Å². The van der Waals surface area contributed by atoms with Crippen molar-refractivity contribution in [2.75, 3.05) is 32.5 Å². The molecular formula is C15H19ClN2O5S2. The summed E-state index contributed by atoms with van der Waals surface area (Å²) in [6.07, 6.45) is 0.0192. The third kappa shape index (κ3) is 5.60. The molecule has 1 heterocycles. The number of thioether (sulfide) groups is 1. The molecule has 25 heavy (non-hydrogen) atoms. The van der Waals surface area contributed by atoms with Gasteiger partial charge < -0.3 is 9.64 Å². The molecule has 0 aromatic heterocycles. The zero-order chi connectivity index (χ0) is 18.4. The molecule has 1 atom stereocenters. The summed E-state index contributed by atoms with van der Waals surface area (Å²) in [7, 11) is -2.37. The summed E-state index contributed by atoms with van der Waals surface area (Å²) in [6, 6.07) is 5.77. The highest BCUT2D eigenvalue weighted by molar-refractivity contribution is 8.00. The van der Waals surface area contributed by atoms with Gasteiger partial charge >= 0.3 is 5.97 Å². The minimum absolute atomic E-state index is 0.0175. The summed E-state index contributed by atoms with van der Waals surface area (Å²) in [5, 5.41) is 0.0470. The first kappa shape index (κ1) is 20.0. The number of methoxy groups -OCH3 is 1. The first-order valence-corrected chi connectivity index (χ1v) is 10.5. The number of rotatable bonds is 6. The van der Waals surface area contributed by atoms with Crippen molar-refractivity contribution in [3.8, 4) is 0 Å². The van der Waals surface area contributed by atoms with Gasteiger partial charge in [-0.1, -0.05) is 11.6 Å². The van der Waals surface area contributed by atoms with Gasteiger partial charge in [0.05, 0.1) is 12.0 Å². The van der Waals surface area contributed by atoms with E-state index in [1.165, 1.54) is 43.1 Å². The van der Waals surface area contributed by atoms with Gasteiger partial charge in [0, 0.05) is 36.8 Å². The highest BCUT2D eigenvalue weighted by Gasteiger charge is 2.29. The summed E-state index contributed by atoms with van der Waals surface area (Å²) in [4.78, 5) is 25.5. The zero-order valence-corrected chi connectivity index (χ0v) is 16.0. The summed E-state index contributed by atoms with van der Waals surface area (Å²) in [6.45, 7) is 0.789. The van der Waals surface area contributed by atoms with Crippen LogP contribution in [0.25, 0.3) is 0 Å². The summed E-state index contributed by atoms with van der Waals surface area (Å²) in [5.41, 5.74) is 0. The third-order valence-electron chi connectivity index (χ3n) is 3.64. The van der Waals surface area contributed by atoms with Crippen LogP contribution in [0.2, 0.25) is 5.02 Å². The average Bonchev–Trinajstić information content (AvgIpc) is 2.61. The fourth-order valence-electron chi connectivity index (χ4n) is 2.30. The van der Waals surface area contributed by atoms with E-state index in [0.29, 0.717) is 17.3 Å². The largest absolute Gasteiger partial charge is 0.468 e. The number of benzene rings is 1. The molecule has 1 fully saturated rings. The standard InChI is InChI=1S/C15H19ClN2O5S2/c1-23-15(20)13-10-18(8-9-24-13)14(19)6-7-17-25(21,22)12-4-2-11(16)3-5-12/h2-5,13,17H,6-10H2,1H3/t13-/m1/s1. The number of halogens is 1. The Balaban J connectivity index is 1.85. The molecular weight excluding hydrogens is 388 g/mol. The second-order valence-corrected chi connectivity index (χ2v) is 8.84. The molecule has 1 aromatic carbocycles.